The molecule has 0 aliphatic rings. The van der Waals surface area contributed by atoms with Crippen LogP contribution in [0.1, 0.15) is 174 Å². The van der Waals surface area contributed by atoms with Crippen LogP contribution in [0.4, 0.5) is 0 Å². The summed E-state index contributed by atoms with van der Waals surface area (Å²) in [5, 5.41) is 9.97. The van der Waals surface area contributed by atoms with Crippen LogP contribution in [-0.2, 0) is 28.2 Å². The maximum Gasteiger partial charge on any atom is 0.469 e. The van der Waals surface area contributed by atoms with Crippen molar-refractivity contribution in [2.75, 3.05) is 13.2 Å². The minimum Gasteiger partial charge on any atom is -0.462 e. The molecule has 0 aromatic heterocycles. The van der Waals surface area contributed by atoms with Crippen LogP contribution in [0, 0.1) is 0 Å². The van der Waals surface area contributed by atoms with E-state index in [1.165, 1.54) is 83.5 Å². The third-order valence-corrected chi connectivity index (χ3v) is 9.48. The van der Waals surface area contributed by atoms with Gasteiger partial charge in [-0.1, -0.05) is 176 Å². The molecule has 0 amide bonds. The van der Waals surface area contributed by atoms with Gasteiger partial charge in [-0.3, -0.25) is 14.1 Å². The molecular formula is C47H79O9P. The van der Waals surface area contributed by atoms with E-state index in [0.29, 0.717) is 25.7 Å². The second kappa shape index (κ2) is 41.4. The highest BCUT2D eigenvalue weighted by Crippen LogP contribution is 2.36. The van der Waals surface area contributed by atoms with E-state index >= 15 is 0 Å². The molecule has 9 nitrogen and oxygen atoms in total. The van der Waals surface area contributed by atoms with Crippen molar-refractivity contribution in [2.45, 2.75) is 187 Å². The van der Waals surface area contributed by atoms with Gasteiger partial charge in [-0.05, 0) is 70.6 Å². The van der Waals surface area contributed by atoms with Crippen LogP contribution in [0.2, 0.25) is 0 Å². The Morgan fingerprint density at radius 3 is 1.70 bits per heavy atom. The Morgan fingerprint density at radius 1 is 0.561 bits per heavy atom. The van der Waals surface area contributed by atoms with E-state index in [1.807, 2.05) is 48.6 Å². The Morgan fingerprint density at radius 2 is 1.09 bits per heavy atom. The number of phosphoric acid groups is 1. The zero-order valence-corrected chi connectivity index (χ0v) is 36.5. The molecule has 2 atom stereocenters. The van der Waals surface area contributed by atoms with E-state index in [1.54, 1.807) is 6.08 Å². The molecule has 0 radical (unpaired) electrons. The quantitative estimate of drug-likeness (QED) is 0.0182. The maximum atomic E-state index is 12.4. The predicted molar refractivity (Wildman–Crippen MR) is 236 cm³/mol. The second-order valence-electron chi connectivity index (χ2n) is 14.5. The Kier molecular flexibility index (Phi) is 39.3. The molecule has 57 heavy (non-hydrogen) atoms. The number of carbonyl (C=O) groups excluding carboxylic acids is 2. The number of aliphatic hydroxyl groups is 1. The van der Waals surface area contributed by atoms with Crippen LogP contribution in [-0.4, -0.2) is 52.3 Å². The average molecular weight is 819 g/mol. The Balaban J connectivity index is 4.08. The highest BCUT2D eigenvalue weighted by atomic mass is 31.2. The van der Waals surface area contributed by atoms with Crippen LogP contribution >= 0.6 is 7.82 Å². The third-order valence-electron chi connectivity index (χ3n) is 8.99. The Labute approximate surface area is 346 Å². The molecule has 0 fully saturated rings. The van der Waals surface area contributed by atoms with Crippen LogP contribution in [0.3, 0.4) is 0 Å². The number of rotatable bonds is 39. The first kappa shape index (κ1) is 54.2. The van der Waals surface area contributed by atoms with E-state index in [2.05, 4.69) is 48.8 Å². The summed E-state index contributed by atoms with van der Waals surface area (Å²) >= 11 is 0. The van der Waals surface area contributed by atoms with Crippen LogP contribution in [0.15, 0.2) is 85.1 Å². The number of ether oxygens (including phenoxy) is 2. The molecule has 0 spiro atoms. The van der Waals surface area contributed by atoms with E-state index in [0.717, 1.165) is 38.5 Å². The zero-order chi connectivity index (χ0) is 41.9. The SMILES string of the molecule is CC/C=C\C/C=C\CC(O)/C=C/C=C\C/C=C\C/C=C\CCC(=O)OC[C@H](COP(=O)(O)O)OC(=O)CCCCCCCCCCC/C=C\CCCCCCCC. The lowest BCUT2D eigenvalue weighted by Crippen LogP contribution is -2.29. The van der Waals surface area contributed by atoms with Crippen molar-refractivity contribution in [2.24, 2.45) is 0 Å². The highest BCUT2D eigenvalue weighted by Gasteiger charge is 2.22. The third kappa shape index (κ3) is 44.1. The topological polar surface area (TPSA) is 140 Å². The molecule has 0 aromatic carbocycles. The largest absolute Gasteiger partial charge is 0.469 e. The van der Waals surface area contributed by atoms with Gasteiger partial charge in [0.25, 0.3) is 0 Å². The molecule has 0 rings (SSSR count). The smallest absolute Gasteiger partial charge is 0.462 e. The van der Waals surface area contributed by atoms with Gasteiger partial charge in [0.15, 0.2) is 6.10 Å². The van der Waals surface area contributed by atoms with E-state index < -0.39 is 38.6 Å². The van der Waals surface area contributed by atoms with Gasteiger partial charge in [-0.2, -0.15) is 0 Å². The first-order valence-electron chi connectivity index (χ1n) is 22.0. The first-order chi connectivity index (χ1) is 27.7. The van der Waals surface area contributed by atoms with Crippen molar-refractivity contribution in [3.05, 3.63) is 85.1 Å². The van der Waals surface area contributed by atoms with Crippen LogP contribution in [0.25, 0.3) is 0 Å². The summed E-state index contributed by atoms with van der Waals surface area (Å²) in [5.74, 6) is -1.02. The number of phosphoric ester groups is 1. The number of unbranched alkanes of at least 4 members (excludes halogenated alkanes) is 15. The van der Waals surface area contributed by atoms with Gasteiger partial charge in [0.2, 0.25) is 0 Å². The van der Waals surface area contributed by atoms with Gasteiger partial charge >= 0.3 is 19.8 Å². The van der Waals surface area contributed by atoms with E-state index in [4.69, 9.17) is 19.3 Å². The summed E-state index contributed by atoms with van der Waals surface area (Å²) in [6.45, 7) is 3.44. The summed E-state index contributed by atoms with van der Waals surface area (Å²) in [5.41, 5.74) is 0. The molecule has 326 valence electrons. The van der Waals surface area contributed by atoms with Crippen molar-refractivity contribution in [1.82, 2.24) is 0 Å². The summed E-state index contributed by atoms with van der Waals surface area (Å²) in [7, 11) is -4.79. The van der Waals surface area contributed by atoms with Gasteiger partial charge in [0.1, 0.15) is 6.61 Å². The van der Waals surface area contributed by atoms with Crippen molar-refractivity contribution in [3.8, 4) is 0 Å². The summed E-state index contributed by atoms with van der Waals surface area (Å²) in [6, 6.07) is 0. The molecule has 0 aliphatic heterocycles. The highest BCUT2D eigenvalue weighted by molar-refractivity contribution is 7.46. The van der Waals surface area contributed by atoms with E-state index in [9.17, 15) is 19.3 Å². The second-order valence-corrected chi connectivity index (χ2v) is 15.7. The molecule has 0 aliphatic carbocycles. The Hall–Kier alpha value is -2.81. The lowest BCUT2D eigenvalue weighted by molar-refractivity contribution is -0.161. The van der Waals surface area contributed by atoms with Gasteiger partial charge in [0, 0.05) is 12.8 Å². The molecule has 0 saturated carbocycles. The minimum absolute atomic E-state index is 0.115. The van der Waals surface area contributed by atoms with Crippen molar-refractivity contribution in [3.63, 3.8) is 0 Å². The lowest BCUT2D eigenvalue weighted by Gasteiger charge is -2.18. The van der Waals surface area contributed by atoms with Crippen molar-refractivity contribution < 1.29 is 43.0 Å². The summed E-state index contributed by atoms with van der Waals surface area (Å²) in [6.07, 6.45) is 52.0. The fraction of sp³-hybridized carbons (Fsp3) is 0.660. The van der Waals surface area contributed by atoms with Crippen molar-refractivity contribution >= 4 is 19.8 Å². The van der Waals surface area contributed by atoms with Crippen molar-refractivity contribution in [1.29, 1.82) is 0 Å². The van der Waals surface area contributed by atoms with Crippen LogP contribution in [0.5, 0.6) is 0 Å². The summed E-state index contributed by atoms with van der Waals surface area (Å²) < 4.78 is 26.3. The number of allylic oxidation sites excluding steroid dienone is 12. The fourth-order valence-corrected chi connectivity index (χ4v) is 6.07. The minimum atomic E-state index is -4.79. The number of hydrogen-bond donors (Lipinski definition) is 3. The first-order valence-corrected chi connectivity index (χ1v) is 23.5. The van der Waals surface area contributed by atoms with Crippen LogP contribution < -0.4 is 0 Å². The molecule has 10 heteroatoms. The van der Waals surface area contributed by atoms with Gasteiger partial charge in [0.05, 0.1) is 12.7 Å². The monoisotopic (exact) mass is 819 g/mol. The molecule has 0 bridgehead atoms. The maximum absolute atomic E-state index is 12.4. The van der Waals surface area contributed by atoms with Gasteiger partial charge in [-0.15, -0.1) is 0 Å². The number of aliphatic hydroxyl groups excluding tert-OH is 1. The zero-order valence-electron chi connectivity index (χ0n) is 35.6. The normalized spacial score (nSPS) is 13.8. The molecule has 0 saturated heterocycles. The number of carbonyl (C=O) groups is 2. The number of hydrogen-bond acceptors (Lipinski definition) is 7. The molecule has 3 N–H and O–H groups in total. The van der Waals surface area contributed by atoms with Gasteiger partial charge < -0.3 is 24.4 Å². The Bertz CT molecular complexity index is 1210. The molecule has 0 heterocycles. The standard InChI is InChI=1S/C47H79O9P/c1-3-5-7-9-11-12-13-14-15-16-17-18-19-20-21-26-29-33-37-41-47(50)56-45(43-55-57(51,52)53)42-54-46(49)40-36-32-28-25-23-22-24-27-31-35-39-44(48)38-34-30-10-8-6-4-2/h6,8,14-15,22-23,27-28,30-32,34-35,39,44-45,48H,3-5,7,9-13,16-21,24-26,29,33,36-38,40-43H2,1-2H3,(H2,51,52,53)/b8-6-,15-14-,23-22-,31-27-,32-28-,34-30-,39-35+/t44?,45-/m1/s1. The fourth-order valence-electron chi connectivity index (χ4n) is 5.71. The van der Waals surface area contributed by atoms with E-state index in [-0.39, 0.29) is 19.4 Å². The molecule has 1 unspecified atom stereocenters. The average Bonchev–Trinajstić information content (AvgIpc) is 3.18. The lowest BCUT2D eigenvalue weighted by atomic mass is 10.1. The molecule has 0 aromatic rings. The predicted octanol–water partition coefficient (Wildman–Crippen LogP) is 12.6. The summed E-state index contributed by atoms with van der Waals surface area (Å²) in [4.78, 5) is 42.9. The number of esters is 2. The molecular weight excluding hydrogens is 739 g/mol. The van der Waals surface area contributed by atoms with Gasteiger partial charge in [-0.25, -0.2) is 4.57 Å².